The SMILES string of the molecule is CCC/C=C\C/C=C\CCCCCCCC(=O)NC(COC1OC(CO)C(OC2OC(CO)C(O)C(O)C2O)C(O)C1O)C(O)/C=C/CC/C=C/CCCCCCCCCCCCCCCCCCCCCCCCCCC. The molecule has 2 heterocycles. The van der Waals surface area contributed by atoms with Gasteiger partial charge in [0.15, 0.2) is 12.6 Å². The van der Waals surface area contributed by atoms with Crippen molar-refractivity contribution in [2.45, 2.75) is 331 Å². The van der Waals surface area contributed by atoms with Crippen LogP contribution in [0.25, 0.3) is 0 Å². The molecule has 12 unspecified atom stereocenters. The molecule has 2 rings (SSSR count). The first kappa shape index (κ1) is 72.1. The zero-order valence-corrected chi connectivity index (χ0v) is 49.2. The van der Waals surface area contributed by atoms with Crippen LogP contribution in [0.2, 0.25) is 0 Å². The van der Waals surface area contributed by atoms with Crippen molar-refractivity contribution in [1.82, 2.24) is 5.32 Å². The lowest BCUT2D eigenvalue weighted by atomic mass is 9.97. The summed E-state index contributed by atoms with van der Waals surface area (Å²) < 4.78 is 22.7. The number of carbonyl (C=O) groups is 1. The number of carbonyl (C=O) groups excluding carboxylic acids is 1. The highest BCUT2D eigenvalue weighted by Crippen LogP contribution is 2.30. The van der Waals surface area contributed by atoms with Crippen molar-refractivity contribution in [3.63, 3.8) is 0 Å². The first-order valence-corrected chi connectivity index (χ1v) is 31.9. The van der Waals surface area contributed by atoms with E-state index in [2.05, 4.69) is 55.6 Å². The predicted octanol–water partition coefficient (Wildman–Crippen LogP) is 11.6. The Morgan fingerprint density at radius 2 is 0.885 bits per heavy atom. The molecule has 78 heavy (non-hydrogen) atoms. The maximum Gasteiger partial charge on any atom is 0.220 e. The molecule has 2 saturated heterocycles. The molecule has 0 saturated carbocycles. The van der Waals surface area contributed by atoms with Gasteiger partial charge in [0.05, 0.1) is 32.0 Å². The summed E-state index contributed by atoms with van der Waals surface area (Å²) in [6.07, 6.45) is 46.2. The Morgan fingerprint density at radius 3 is 1.38 bits per heavy atom. The van der Waals surface area contributed by atoms with Gasteiger partial charge in [-0.3, -0.25) is 4.79 Å². The fourth-order valence-corrected chi connectivity index (χ4v) is 10.3. The first-order valence-electron chi connectivity index (χ1n) is 31.9. The fourth-order valence-electron chi connectivity index (χ4n) is 10.3. The molecule has 0 aromatic heterocycles. The van der Waals surface area contributed by atoms with Gasteiger partial charge in [0.2, 0.25) is 5.91 Å². The molecule has 2 aliphatic heterocycles. The minimum absolute atomic E-state index is 0.256. The number of aliphatic hydroxyl groups is 8. The van der Waals surface area contributed by atoms with Gasteiger partial charge < -0.3 is 65.1 Å². The zero-order valence-electron chi connectivity index (χ0n) is 49.2. The van der Waals surface area contributed by atoms with E-state index in [1.54, 1.807) is 6.08 Å². The highest BCUT2D eigenvalue weighted by atomic mass is 16.7. The third-order valence-electron chi connectivity index (χ3n) is 15.5. The molecule has 1 amide bonds. The maximum absolute atomic E-state index is 13.2. The number of allylic oxidation sites excluding steroid dienone is 7. The molecule has 14 heteroatoms. The van der Waals surface area contributed by atoms with Crippen LogP contribution in [0, 0.1) is 0 Å². The van der Waals surface area contributed by atoms with Crippen LogP contribution in [-0.4, -0.2) is 140 Å². The summed E-state index contributed by atoms with van der Waals surface area (Å²) in [7, 11) is 0. The summed E-state index contributed by atoms with van der Waals surface area (Å²) in [6.45, 7) is 2.71. The molecule has 0 radical (unpaired) electrons. The second kappa shape index (κ2) is 49.5. The molecular formula is C64H117NO13. The summed E-state index contributed by atoms with van der Waals surface area (Å²) in [5.41, 5.74) is 0. The van der Waals surface area contributed by atoms with Gasteiger partial charge >= 0.3 is 0 Å². The molecule has 0 spiro atoms. The lowest BCUT2D eigenvalue weighted by Gasteiger charge is -2.46. The van der Waals surface area contributed by atoms with Crippen molar-refractivity contribution in [3.05, 3.63) is 48.6 Å². The molecule has 0 bridgehead atoms. The first-order chi connectivity index (χ1) is 38.1. The molecule has 456 valence electrons. The minimum Gasteiger partial charge on any atom is -0.394 e. The van der Waals surface area contributed by atoms with Gasteiger partial charge in [-0.05, 0) is 57.8 Å². The van der Waals surface area contributed by atoms with Crippen LogP contribution in [0.4, 0.5) is 0 Å². The van der Waals surface area contributed by atoms with E-state index in [1.165, 1.54) is 161 Å². The van der Waals surface area contributed by atoms with Gasteiger partial charge in [-0.25, -0.2) is 0 Å². The van der Waals surface area contributed by atoms with Crippen molar-refractivity contribution in [1.29, 1.82) is 0 Å². The Labute approximate surface area is 473 Å². The van der Waals surface area contributed by atoms with Gasteiger partial charge in [-0.1, -0.05) is 242 Å². The second-order valence-corrected chi connectivity index (χ2v) is 22.5. The molecule has 12 atom stereocenters. The van der Waals surface area contributed by atoms with Gasteiger partial charge in [0.25, 0.3) is 0 Å². The molecular weight excluding hydrogens is 991 g/mol. The Morgan fingerprint density at radius 1 is 0.462 bits per heavy atom. The number of hydrogen-bond acceptors (Lipinski definition) is 13. The van der Waals surface area contributed by atoms with E-state index in [-0.39, 0.29) is 18.9 Å². The average Bonchev–Trinajstić information content (AvgIpc) is 3.47. The average molecular weight is 1110 g/mol. The van der Waals surface area contributed by atoms with E-state index in [0.717, 1.165) is 64.2 Å². The Balaban J connectivity index is 1.68. The van der Waals surface area contributed by atoms with Crippen LogP contribution in [0.1, 0.15) is 258 Å². The normalized spacial score (nSPS) is 24.8. The maximum atomic E-state index is 13.2. The Bertz CT molecular complexity index is 1490. The molecule has 0 aliphatic carbocycles. The van der Waals surface area contributed by atoms with Gasteiger partial charge in [-0.15, -0.1) is 0 Å². The third-order valence-corrected chi connectivity index (χ3v) is 15.5. The number of rotatable bonds is 51. The monoisotopic (exact) mass is 1110 g/mol. The van der Waals surface area contributed by atoms with E-state index in [1.807, 2.05) is 6.08 Å². The van der Waals surface area contributed by atoms with E-state index >= 15 is 0 Å². The molecule has 0 aromatic carbocycles. The smallest absolute Gasteiger partial charge is 0.220 e. The van der Waals surface area contributed by atoms with Crippen LogP contribution in [0.15, 0.2) is 48.6 Å². The quantitative estimate of drug-likeness (QED) is 0.0204. The van der Waals surface area contributed by atoms with E-state index in [4.69, 9.17) is 18.9 Å². The number of ether oxygens (including phenoxy) is 4. The lowest BCUT2D eigenvalue weighted by molar-refractivity contribution is -0.359. The van der Waals surface area contributed by atoms with Crippen LogP contribution < -0.4 is 5.32 Å². The largest absolute Gasteiger partial charge is 0.394 e. The fraction of sp³-hybridized carbons (Fsp3) is 0.859. The molecule has 0 aromatic rings. The van der Waals surface area contributed by atoms with Gasteiger partial charge in [-0.2, -0.15) is 0 Å². The highest BCUT2D eigenvalue weighted by molar-refractivity contribution is 5.76. The summed E-state index contributed by atoms with van der Waals surface area (Å²) in [5, 5.41) is 87.0. The van der Waals surface area contributed by atoms with Crippen molar-refractivity contribution < 1.29 is 64.6 Å². The number of aliphatic hydroxyl groups excluding tert-OH is 8. The summed E-state index contributed by atoms with van der Waals surface area (Å²) in [4.78, 5) is 13.2. The van der Waals surface area contributed by atoms with Crippen LogP contribution in [0.3, 0.4) is 0 Å². The molecule has 9 N–H and O–H groups in total. The number of nitrogens with one attached hydrogen (secondary N) is 1. The number of amides is 1. The van der Waals surface area contributed by atoms with E-state index in [9.17, 15) is 45.6 Å². The predicted molar refractivity (Wildman–Crippen MR) is 314 cm³/mol. The second-order valence-electron chi connectivity index (χ2n) is 22.5. The molecule has 2 fully saturated rings. The summed E-state index contributed by atoms with van der Waals surface area (Å²) >= 11 is 0. The van der Waals surface area contributed by atoms with Crippen LogP contribution >= 0.6 is 0 Å². The van der Waals surface area contributed by atoms with Gasteiger partial charge in [0, 0.05) is 6.42 Å². The van der Waals surface area contributed by atoms with Crippen LogP contribution in [0.5, 0.6) is 0 Å². The van der Waals surface area contributed by atoms with Gasteiger partial charge in [0.1, 0.15) is 48.8 Å². The zero-order chi connectivity index (χ0) is 56.7. The number of unbranched alkanes of at least 4 members (excludes halogenated alkanes) is 32. The topological polar surface area (TPSA) is 228 Å². The van der Waals surface area contributed by atoms with E-state index in [0.29, 0.717) is 12.8 Å². The van der Waals surface area contributed by atoms with Crippen molar-refractivity contribution in [3.8, 4) is 0 Å². The Kier molecular flexibility index (Phi) is 45.8. The number of hydrogen-bond donors (Lipinski definition) is 9. The van der Waals surface area contributed by atoms with E-state index < -0.39 is 86.8 Å². The standard InChI is InChI=1S/C64H117NO13/c1-3-5-7-9-11-13-15-17-18-19-20-21-22-23-24-25-26-27-28-29-30-31-32-33-34-36-37-39-41-43-45-47-53(68)52(65-56(69)48-46-44-42-40-38-35-16-14-12-10-8-6-4-2)51-75-63-61(74)59(72)62(55(50-67)77-63)78-64-60(73)58(71)57(70)54(49-66)76-64/h8,10,14,16,37,39,45,47,52-55,57-64,66-68,70-74H,3-7,9,11-13,15,17-36,38,40-44,46,48-51H2,1-2H3,(H,65,69)/b10-8-,16-14-,39-37+,47-45+. The summed E-state index contributed by atoms with van der Waals surface area (Å²) in [6, 6.07) is -0.940. The Hall–Kier alpha value is -2.05. The highest BCUT2D eigenvalue weighted by Gasteiger charge is 2.51. The van der Waals surface area contributed by atoms with Crippen molar-refractivity contribution in [2.24, 2.45) is 0 Å². The van der Waals surface area contributed by atoms with Crippen LogP contribution in [-0.2, 0) is 23.7 Å². The van der Waals surface area contributed by atoms with Crippen molar-refractivity contribution in [2.75, 3.05) is 19.8 Å². The van der Waals surface area contributed by atoms with Crippen molar-refractivity contribution >= 4 is 5.91 Å². The minimum atomic E-state index is -1.79. The molecule has 2 aliphatic rings. The molecule has 14 nitrogen and oxygen atoms in total. The summed E-state index contributed by atoms with van der Waals surface area (Å²) in [5.74, 6) is -0.264. The lowest BCUT2D eigenvalue weighted by Crippen LogP contribution is -2.65. The third kappa shape index (κ3) is 34.4.